The normalized spacial score (nSPS) is 12.8. The van der Waals surface area contributed by atoms with Crippen LogP contribution in [0.1, 0.15) is 37.6 Å². The maximum Gasteiger partial charge on any atom is 0.408 e. The third-order valence-corrected chi connectivity index (χ3v) is 5.46. The highest BCUT2D eigenvalue weighted by Crippen LogP contribution is 2.11. The molecule has 0 saturated heterocycles. The number of ether oxygens (including phenoxy) is 2. The van der Waals surface area contributed by atoms with Crippen LogP contribution in [-0.4, -0.2) is 50.3 Å². The molecule has 1 heterocycles. The van der Waals surface area contributed by atoms with Gasteiger partial charge < -0.3 is 29.8 Å². The van der Waals surface area contributed by atoms with Crippen LogP contribution in [-0.2, 0) is 45.2 Å². The minimum Gasteiger partial charge on any atom is -0.480 e. The summed E-state index contributed by atoms with van der Waals surface area (Å²) in [5, 5.41) is 15.0. The zero-order chi connectivity index (χ0) is 27.5. The summed E-state index contributed by atoms with van der Waals surface area (Å²) in [5.74, 6) is -1.86. The number of nitrogens with one attached hydrogen (secondary N) is 2. The smallest absolute Gasteiger partial charge is 0.408 e. The van der Waals surface area contributed by atoms with Crippen LogP contribution in [0, 0.1) is 0 Å². The zero-order valence-corrected chi connectivity index (χ0v) is 21.8. The van der Waals surface area contributed by atoms with Gasteiger partial charge in [-0.25, -0.2) is 14.6 Å². The number of rotatable bonds is 12. The second-order valence-corrected chi connectivity index (χ2v) is 9.81. The van der Waals surface area contributed by atoms with Gasteiger partial charge in [-0.3, -0.25) is 4.79 Å². The number of benzene rings is 2. The van der Waals surface area contributed by atoms with Gasteiger partial charge in [-0.2, -0.15) is 0 Å². The minimum atomic E-state index is -1.26. The Hall–Kier alpha value is -4.18. The molecule has 0 unspecified atom stereocenters. The summed E-state index contributed by atoms with van der Waals surface area (Å²) < 4.78 is 12.7. The Morgan fingerprint density at radius 3 is 2.16 bits per heavy atom. The summed E-state index contributed by atoms with van der Waals surface area (Å²) in [6.07, 6.45) is 2.44. The molecule has 1 aromatic heterocycles. The SMILES string of the molecule is CC(C)(C)OC(=O)N[C@@H](Cc1ccccc1)C(=O)N[C@@H](Cc1cncn1COCc1ccccc1)C(=O)O. The van der Waals surface area contributed by atoms with Crippen LogP contribution in [0.25, 0.3) is 0 Å². The number of imidazole rings is 1. The van der Waals surface area contributed by atoms with Gasteiger partial charge in [0.15, 0.2) is 0 Å². The molecule has 0 bridgehead atoms. The van der Waals surface area contributed by atoms with Crippen LogP contribution in [0.2, 0.25) is 0 Å². The molecule has 10 heteroatoms. The van der Waals surface area contributed by atoms with Crippen molar-refractivity contribution in [3.8, 4) is 0 Å². The summed E-state index contributed by atoms with van der Waals surface area (Å²) in [7, 11) is 0. The lowest BCUT2D eigenvalue weighted by molar-refractivity contribution is -0.142. The molecule has 0 aliphatic carbocycles. The summed E-state index contributed by atoms with van der Waals surface area (Å²) in [6, 6.07) is 16.5. The first-order valence-electron chi connectivity index (χ1n) is 12.3. The summed E-state index contributed by atoms with van der Waals surface area (Å²) in [4.78, 5) is 41.8. The lowest BCUT2D eigenvalue weighted by Gasteiger charge is -2.24. The Morgan fingerprint density at radius 2 is 1.55 bits per heavy atom. The molecule has 2 aromatic carbocycles. The van der Waals surface area contributed by atoms with E-state index in [4.69, 9.17) is 9.47 Å². The molecule has 2 amide bonds. The fourth-order valence-corrected chi connectivity index (χ4v) is 3.66. The number of nitrogens with zero attached hydrogens (tertiary/aromatic N) is 2. The van der Waals surface area contributed by atoms with Gasteiger partial charge in [-0.1, -0.05) is 60.7 Å². The van der Waals surface area contributed by atoms with Gasteiger partial charge in [0.2, 0.25) is 5.91 Å². The van der Waals surface area contributed by atoms with E-state index in [1.165, 1.54) is 6.20 Å². The first kappa shape index (κ1) is 28.4. The minimum absolute atomic E-state index is 0.0275. The molecule has 3 rings (SSSR count). The molecule has 10 nitrogen and oxygen atoms in total. The van der Waals surface area contributed by atoms with Gasteiger partial charge in [-0.15, -0.1) is 0 Å². The largest absolute Gasteiger partial charge is 0.480 e. The fourth-order valence-electron chi connectivity index (χ4n) is 3.66. The third kappa shape index (κ3) is 9.36. The Kier molecular flexibility index (Phi) is 10.0. The van der Waals surface area contributed by atoms with Crippen molar-refractivity contribution in [3.05, 3.63) is 90.0 Å². The van der Waals surface area contributed by atoms with Crippen molar-refractivity contribution in [2.75, 3.05) is 0 Å². The van der Waals surface area contributed by atoms with Crippen molar-refractivity contribution in [1.29, 1.82) is 0 Å². The second-order valence-electron chi connectivity index (χ2n) is 9.81. The maximum atomic E-state index is 13.2. The fraction of sp³-hybridized carbons (Fsp3) is 0.357. The third-order valence-electron chi connectivity index (χ3n) is 5.46. The van der Waals surface area contributed by atoms with Crippen molar-refractivity contribution in [3.63, 3.8) is 0 Å². The highest BCUT2D eigenvalue weighted by molar-refractivity contribution is 5.89. The summed E-state index contributed by atoms with van der Waals surface area (Å²) in [6.45, 7) is 5.69. The first-order valence-corrected chi connectivity index (χ1v) is 12.3. The van der Waals surface area contributed by atoms with E-state index in [1.807, 2.05) is 60.7 Å². The molecule has 0 aliphatic heterocycles. The van der Waals surface area contributed by atoms with Crippen molar-refractivity contribution < 1.29 is 29.0 Å². The summed E-state index contributed by atoms with van der Waals surface area (Å²) >= 11 is 0. The molecule has 3 aromatic rings. The van der Waals surface area contributed by atoms with Crippen LogP contribution in [0.3, 0.4) is 0 Å². The number of alkyl carbamates (subject to hydrolysis) is 1. The number of hydrogen-bond acceptors (Lipinski definition) is 6. The zero-order valence-electron chi connectivity index (χ0n) is 21.8. The van der Waals surface area contributed by atoms with Crippen molar-refractivity contribution in [2.24, 2.45) is 0 Å². The lowest BCUT2D eigenvalue weighted by atomic mass is 10.0. The molecule has 0 aliphatic rings. The average molecular weight is 523 g/mol. The monoisotopic (exact) mass is 522 g/mol. The molecule has 3 N–H and O–H groups in total. The Balaban J connectivity index is 1.67. The predicted octanol–water partition coefficient (Wildman–Crippen LogP) is 3.31. The molecule has 0 spiro atoms. The predicted molar refractivity (Wildman–Crippen MR) is 140 cm³/mol. The maximum absolute atomic E-state index is 13.2. The number of carboxylic acids is 1. The second kappa shape index (κ2) is 13.4. The number of amides is 2. The van der Waals surface area contributed by atoms with Crippen molar-refractivity contribution in [1.82, 2.24) is 20.2 Å². The average Bonchev–Trinajstić information content (AvgIpc) is 3.30. The van der Waals surface area contributed by atoms with Crippen LogP contribution < -0.4 is 10.6 Å². The Bertz CT molecular complexity index is 1190. The van der Waals surface area contributed by atoms with E-state index in [0.29, 0.717) is 12.3 Å². The lowest BCUT2D eigenvalue weighted by Crippen LogP contribution is -2.53. The van der Waals surface area contributed by atoms with Crippen LogP contribution in [0.5, 0.6) is 0 Å². The van der Waals surface area contributed by atoms with E-state index in [0.717, 1.165) is 11.1 Å². The number of carbonyl (C=O) groups excluding carboxylic acids is 2. The van der Waals surface area contributed by atoms with Gasteiger partial charge in [0, 0.05) is 24.7 Å². The van der Waals surface area contributed by atoms with E-state index < -0.39 is 35.7 Å². The van der Waals surface area contributed by atoms with Crippen LogP contribution >= 0.6 is 0 Å². The Morgan fingerprint density at radius 1 is 0.921 bits per heavy atom. The first-order chi connectivity index (χ1) is 18.1. The van der Waals surface area contributed by atoms with E-state index in [1.54, 1.807) is 31.7 Å². The van der Waals surface area contributed by atoms with Crippen LogP contribution in [0.4, 0.5) is 4.79 Å². The number of aliphatic carboxylic acids is 1. The van der Waals surface area contributed by atoms with E-state index >= 15 is 0 Å². The molecule has 0 fully saturated rings. The molecule has 202 valence electrons. The summed E-state index contributed by atoms with van der Waals surface area (Å²) in [5.41, 5.74) is 1.61. The topological polar surface area (TPSA) is 132 Å². The molecular weight excluding hydrogens is 488 g/mol. The highest BCUT2D eigenvalue weighted by atomic mass is 16.6. The van der Waals surface area contributed by atoms with Crippen molar-refractivity contribution in [2.45, 2.75) is 64.6 Å². The van der Waals surface area contributed by atoms with Gasteiger partial charge in [0.25, 0.3) is 0 Å². The van der Waals surface area contributed by atoms with Gasteiger partial charge in [-0.05, 0) is 31.9 Å². The number of carbonyl (C=O) groups is 3. The molecule has 38 heavy (non-hydrogen) atoms. The van der Waals surface area contributed by atoms with Gasteiger partial charge >= 0.3 is 12.1 Å². The number of hydrogen-bond donors (Lipinski definition) is 3. The molecule has 0 saturated carbocycles. The van der Waals surface area contributed by atoms with E-state index in [2.05, 4.69) is 15.6 Å². The Labute approximate surface area is 222 Å². The standard InChI is InChI=1S/C28H34N4O6/c1-28(2,3)38-27(36)31-23(14-20-10-6-4-7-11-20)25(33)30-24(26(34)35)15-22-16-29-18-32(22)19-37-17-21-12-8-5-9-13-21/h4-13,16,18,23-24H,14-15,17,19H2,1-3H3,(H,30,33)(H,31,36)(H,34,35)/t23-,24-/m0/s1. The van der Waals surface area contributed by atoms with Gasteiger partial charge in [0.1, 0.15) is 24.4 Å². The number of carboxylic acid groups (broad SMARTS) is 1. The quantitative estimate of drug-likeness (QED) is 0.333. The molecular formula is C28H34N4O6. The van der Waals surface area contributed by atoms with E-state index in [-0.39, 0.29) is 19.6 Å². The van der Waals surface area contributed by atoms with Gasteiger partial charge in [0.05, 0.1) is 12.9 Å². The van der Waals surface area contributed by atoms with Crippen molar-refractivity contribution >= 4 is 18.0 Å². The highest BCUT2D eigenvalue weighted by Gasteiger charge is 2.29. The molecule has 0 radical (unpaired) electrons. The van der Waals surface area contributed by atoms with E-state index in [9.17, 15) is 19.5 Å². The molecule has 2 atom stereocenters. The van der Waals surface area contributed by atoms with Crippen LogP contribution in [0.15, 0.2) is 73.2 Å². The number of aromatic nitrogens is 2.